The molecule has 0 saturated heterocycles. The van der Waals surface area contributed by atoms with Crippen LogP contribution in [0, 0.1) is 0 Å². The lowest BCUT2D eigenvalue weighted by molar-refractivity contribution is 0.397. The van der Waals surface area contributed by atoms with Crippen LogP contribution in [0.25, 0.3) is 10.9 Å². The molecular formula is C17H14Cl2N2O3. The molecule has 1 heterocycles. The predicted octanol–water partition coefficient (Wildman–Crippen LogP) is 3.77. The molecule has 0 aliphatic rings. The van der Waals surface area contributed by atoms with Gasteiger partial charge in [-0.3, -0.25) is 9.36 Å². The van der Waals surface area contributed by atoms with Crippen LogP contribution in [-0.2, 0) is 6.54 Å². The molecule has 0 aliphatic carbocycles. The summed E-state index contributed by atoms with van der Waals surface area (Å²) in [4.78, 5) is 17.0. The molecule has 0 atom stereocenters. The van der Waals surface area contributed by atoms with Gasteiger partial charge in [0.1, 0.15) is 11.5 Å². The molecule has 0 spiro atoms. The zero-order valence-corrected chi connectivity index (χ0v) is 14.6. The van der Waals surface area contributed by atoms with Crippen molar-refractivity contribution >= 4 is 34.1 Å². The largest absolute Gasteiger partial charge is 0.497 e. The summed E-state index contributed by atoms with van der Waals surface area (Å²) in [6.45, 7) is 0.284. The third kappa shape index (κ3) is 3.05. The Morgan fingerprint density at radius 3 is 2.62 bits per heavy atom. The summed E-state index contributed by atoms with van der Waals surface area (Å²) >= 11 is 12.1. The van der Waals surface area contributed by atoms with E-state index in [-0.39, 0.29) is 12.1 Å². The maximum Gasteiger partial charge on any atom is 0.261 e. The number of hydrogen-bond acceptors (Lipinski definition) is 4. The van der Waals surface area contributed by atoms with E-state index in [1.54, 1.807) is 38.5 Å². The van der Waals surface area contributed by atoms with Crippen molar-refractivity contribution in [1.29, 1.82) is 0 Å². The van der Waals surface area contributed by atoms with Gasteiger partial charge in [0.05, 0.1) is 43.0 Å². The smallest absolute Gasteiger partial charge is 0.261 e. The van der Waals surface area contributed by atoms with Crippen molar-refractivity contribution in [2.75, 3.05) is 14.2 Å². The number of fused-ring (bicyclic) bond motifs is 1. The van der Waals surface area contributed by atoms with E-state index < -0.39 is 0 Å². The average Bonchev–Trinajstić information content (AvgIpc) is 2.57. The lowest BCUT2D eigenvalue weighted by Gasteiger charge is -2.12. The number of rotatable bonds is 4. The van der Waals surface area contributed by atoms with Gasteiger partial charge in [-0.2, -0.15) is 0 Å². The topological polar surface area (TPSA) is 53.4 Å². The standard InChI is InChI=1S/C17H14Cl2N2O3/c1-23-12-3-4-15(24-2)10(5-12)8-21-9-20-16-13(17(21)22)6-11(18)7-14(16)19/h3-7,9H,8H2,1-2H3. The summed E-state index contributed by atoms with van der Waals surface area (Å²) in [5.41, 5.74) is 1.00. The summed E-state index contributed by atoms with van der Waals surface area (Å²) < 4.78 is 12.1. The number of ether oxygens (including phenoxy) is 2. The Balaban J connectivity index is 2.11. The third-order valence-corrected chi connectivity index (χ3v) is 4.18. The second-order valence-electron chi connectivity index (χ2n) is 5.14. The number of methoxy groups -OCH3 is 2. The van der Waals surface area contributed by atoms with Gasteiger partial charge in [-0.25, -0.2) is 4.98 Å². The van der Waals surface area contributed by atoms with Crippen LogP contribution >= 0.6 is 23.2 Å². The van der Waals surface area contributed by atoms with E-state index in [0.29, 0.717) is 32.4 Å². The van der Waals surface area contributed by atoms with Crippen LogP contribution in [0.3, 0.4) is 0 Å². The number of aromatic nitrogens is 2. The van der Waals surface area contributed by atoms with E-state index in [9.17, 15) is 4.79 Å². The van der Waals surface area contributed by atoms with Crippen LogP contribution in [0.2, 0.25) is 10.0 Å². The van der Waals surface area contributed by atoms with Crippen LogP contribution in [0.15, 0.2) is 41.5 Å². The highest BCUT2D eigenvalue weighted by molar-refractivity contribution is 6.38. The normalized spacial score (nSPS) is 10.8. The highest BCUT2D eigenvalue weighted by Crippen LogP contribution is 2.26. The lowest BCUT2D eigenvalue weighted by atomic mass is 10.1. The van der Waals surface area contributed by atoms with E-state index in [4.69, 9.17) is 32.7 Å². The van der Waals surface area contributed by atoms with Crippen LogP contribution < -0.4 is 15.0 Å². The van der Waals surface area contributed by atoms with Crippen LogP contribution in [0.5, 0.6) is 11.5 Å². The molecule has 1 aromatic heterocycles. The Morgan fingerprint density at radius 2 is 1.92 bits per heavy atom. The molecular weight excluding hydrogens is 351 g/mol. The highest BCUT2D eigenvalue weighted by Gasteiger charge is 2.11. The van der Waals surface area contributed by atoms with Crippen LogP contribution in [0.1, 0.15) is 5.56 Å². The molecule has 0 amide bonds. The molecule has 0 fully saturated rings. The van der Waals surface area contributed by atoms with Gasteiger partial charge in [-0.15, -0.1) is 0 Å². The molecule has 0 radical (unpaired) electrons. The fourth-order valence-corrected chi connectivity index (χ4v) is 3.04. The molecule has 2 aromatic carbocycles. The van der Waals surface area contributed by atoms with Crippen LogP contribution in [-0.4, -0.2) is 23.8 Å². The molecule has 0 saturated carbocycles. The molecule has 7 heteroatoms. The van der Waals surface area contributed by atoms with E-state index in [2.05, 4.69) is 4.98 Å². The molecule has 3 rings (SSSR count). The summed E-state index contributed by atoms with van der Waals surface area (Å²) in [5, 5.41) is 1.11. The predicted molar refractivity (Wildman–Crippen MR) is 94.7 cm³/mol. The first kappa shape index (κ1) is 16.6. The molecule has 0 N–H and O–H groups in total. The van der Waals surface area contributed by atoms with E-state index in [0.717, 1.165) is 5.56 Å². The first-order chi connectivity index (χ1) is 11.5. The van der Waals surface area contributed by atoms with Gasteiger partial charge >= 0.3 is 0 Å². The van der Waals surface area contributed by atoms with Gasteiger partial charge < -0.3 is 9.47 Å². The molecule has 3 aromatic rings. The minimum absolute atomic E-state index is 0.228. The molecule has 5 nitrogen and oxygen atoms in total. The van der Waals surface area contributed by atoms with Crippen LogP contribution in [0.4, 0.5) is 0 Å². The average molecular weight is 365 g/mol. The molecule has 24 heavy (non-hydrogen) atoms. The van der Waals surface area contributed by atoms with E-state index in [1.165, 1.54) is 10.9 Å². The molecule has 0 aliphatic heterocycles. The Morgan fingerprint density at radius 1 is 1.12 bits per heavy atom. The quantitative estimate of drug-likeness (QED) is 0.706. The van der Waals surface area contributed by atoms with Crippen molar-refractivity contribution in [3.63, 3.8) is 0 Å². The van der Waals surface area contributed by atoms with Gasteiger partial charge in [0.25, 0.3) is 5.56 Å². The SMILES string of the molecule is COc1ccc(OC)c(Cn2cnc3c(Cl)cc(Cl)cc3c2=O)c1. The summed E-state index contributed by atoms with van der Waals surface area (Å²) in [7, 11) is 3.16. The second-order valence-corrected chi connectivity index (χ2v) is 5.98. The molecule has 0 unspecified atom stereocenters. The Hall–Kier alpha value is -2.24. The number of hydrogen-bond donors (Lipinski definition) is 0. The Bertz CT molecular complexity index is 970. The van der Waals surface area contributed by atoms with E-state index >= 15 is 0 Å². The van der Waals surface area contributed by atoms with Gasteiger partial charge in [0, 0.05) is 10.6 Å². The summed E-state index contributed by atoms with van der Waals surface area (Å²) in [6.07, 6.45) is 1.46. The second kappa shape index (κ2) is 6.71. The van der Waals surface area contributed by atoms with Crippen molar-refractivity contribution in [3.8, 4) is 11.5 Å². The van der Waals surface area contributed by atoms with Crippen molar-refractivity contribution < 1.29 is 9.47 Å². The van der Waals surface area contributed by atoms with Crippen molar-refractivity contribution in [2.45, 2.75) is 6.54 Å². The lowest BCUT2D eigenvalue weighted by Crippen LogP contribution is -2.21. The minimum atomic E-state index is -0.228. The van der Waals surface area contributed by atoms with Gasteiger partial charge in [-0.1, -0.05) is 23.2 Å². The number of nitrogens with zero attached hydrogens (tertiary/aromatic N) is 2. The zero-order valence-electron chi connectivity index (χ0n) is 13.0. The van der Waals surface area contributed by atoms with Crippen molar-refractivity contribution in [1.82, 2.24) is 9.55 Å². The number of benzene rings is 2. The van der Waals surface area contributed by atoms with E-state index in [1.807, 2.05) is 6.07 Å². The first-order valence-corrected chi connectivity index (χ1v) is 7.84. The highest BCUT2D eigenvalue weighted by atomic mass is 35.5. The van der Waals surface area contributed by atoms with Crippen molar-refractivity contribution in [2.24, 2.45) is 0 Å². The van der Waals surface area contributed by atoms with Gasteiger partial charge in [-0.05, 0) is 30.3 Å². The summed E-state index contributed by atoms with van der Waals surface area (Å²) in [6, 6.07) is 8.54. The monoisotopic (exact) mass is 364 g/mol. The maximum absolute atomic E-state index is 12.7. The first-order valence-electron chi connectivity index (χ1n) is 7.08. The molecule has 0 bridgehead atoms. The van der Waals surface area contributed by atoms with Gasteiger partial charge in [0.2, 0.25) is 0 Å². The minimum Gasteiger partial charge on any atom is -0.497 e. The maximum atomic E-state index is 12.7. The van der Waals surface area contributed by atoms with Crippen molar-refractivity contribution in [3.05, 3.63) is 62.6 Å². The number of halogens is 2. The third-order valence-electron chi connectivity index (χ3n) is 3.67. The fraction of sp³-hybridized carbons (Fsp3) is 0.176. The zero-order chi connectivity index (χ0) is 17.3. The molecule has 124 valence electrons. The Kier molecular flexibility index (Phi) is 4.64. The van der Waals surface area contributed by atoms with Gasteiger partial charge in [0.15, 0.2) is 0 Å². The summed E-state index contributed by atoms with van der Waals surface area (Å²) in [5.74, 6) is 1.34. The Labute approximate surface area is 148 Å². The fourth-order valence-electron chi connectivity index (χ4n) is 2.50.